The fourth-order valence-electron chi connectivity index (χ4n) is 3.73. The summed E-state index contributed by atoms with van der Waals surface area (Å²) in [6.45, 7) is 0.576. The molecule has 3 aromatic rings. The lowest BCUT2D eigenvalue weighted by molar-refractivity contribution is -0.132. The summed E-state index contributed by atoms with van der Waals surface area (Å²) in [6.07, 6.45) is 5.88. The van der Waals surface area contributed by atoms with Crippen molar-refractivity contribution in [1.82, 2.24) is 14.9 Å². The van der Waals surface area contributed by atoms with E-state index in [1.807, 2.05) is 24.4 Å². The number of nitrogens with zero attached hydrogens (tertiary/aromatic N) is 3. The molecule has 0 unspecified atom stereocenters. The lowest BCUT2D eigenvalue weighted by Crippen LogP contribution is -2.46. The molecule has 8 nitrogen and oxygen atoms in total. The van der Waals surface area contributed by atoms with Crippen LogP contribution in [0.2, 0.25) is 0 Å². The molecule has 2 atom stereocenters. The number of aromatic amines is 1. The molecular formula is C22H21N5O3. The Morgan fingerprint density at radius 2 is 2.30 bits per heavy atom. The third kappa shape index (κ3) is 3.88. The van der Waals surface area contributed by atoms with Gasteiger partial charge in [0.15, 0.2) is 6.29 Å². The molecule has 2 aromatic heterocycles. The number of nitriles is 1. The summed E-state index contributed by atoms with van der Waals surface area (Å²) in [4.78, 5) is 32.3. The molecule has 4 rings (SSSR count). The van der Waals surface area contributed by atoms with E-state index in [0.717, 1.165) is 29.2 Å². The Labute approximate surface area is 173 Å². The minimum Gasteiger partial charge on any atom is -0.439 e. The van der Waals surface area contributed by atoms with E-state index in [1.165, 1.54) is 6.20 Å². The normalized spacial score (nSPS) is 16.9. The van der Waals surface area contributed by atoms with Gasteiger partial charge in [0.05, 0.1) is 12.1 Å². The molecule has 0 saturated carbocycles. The number of aromatic nitrogens is 2. The highest BCUT2D eigenvalue weighted by Gasteiger charge is 2.31. The summed E-state index contributed by atoms with van der Waals surface area (Å²) in [6, 6.07) is 9.89. The lowest BCUT2D eigenvalue weighted by atomic mass is 10.0. The molecule has 0 spiro atoms. The van der Waals surface area contributed by atoms with Crippen molar-refractivity contribution in [3.63, 3.8) is 0 Å². The van der Waals surface area contributed by atoms with E-state index in [-0.39, 0.29) is 11.9 Å². The zero-order chi connectivity index (χ0) is 21.1. The second-order valence-corrected chi connectivity index (χ2v) is 7.30. The molecule has 1 saturated heterocycles. The Bertz CT molecular complexity index is 1120. The molecule has 0 aliphatic carbocycles. The first-order valence-electron chi connectivity index (χ1n) is 9.74. The second kappa shape index (κ2) is 8.35. The Morgan fingerprint density at radius 3 is 3.03 bits per heavy atom. The van der Waals surface area contributed by atoms with Crippen LogP contribution >= 0.6 is 0 Å². The predicted molar refractivity (Wildman–Crippen MR) is 110 cm³/mol. The molecule has 1 amide bonds. The molecule has 1 aromatic carbocycles. The van der Waals surface area contributed by atoms with Crippen LogP contribution in [0.25, 0.3) is 10.9 Å². The summed E-state index contributed by atoms with van der Waals surface area (Å²) in [5.41, 5.74) is 8.47. The molecule has 1 fully saturated rings. The van der Waals surface area contributed by atoms with E-state index in [1.54, 1.807) is 17.0 Å². The molecule has 3 heterocycles. The smallest absolute Gasteiger partial charge is 0.240 e. The highest BCUT2D eigenvalue weighted by atomic mass is 16.5. The molecule has 3 N–H and O–H groups in total. The van der Waals surface area contributed by atoms with Gasteiger partial charge in [0.1, 0.15) is 11.8 Å². The van der Waals surface area contributed by atoms with Crippen molar-refractivity contribution in [1.29, 1.82) is 5.26 Å². The van der Waals surface area contributed by atoms with Crippen molar-refractivity contribution in [2.24, 2.45) is 5.73 Å². The molecule has 0 radical (unpaired) electrons. The van der Waals surface area contributed by atoms with Crippen molar-refractivity contribution < 1.29 is 14.3 Å². The average Bonchev–Trinajstić information content (AvgIpc) is 3.40. The number of carbonyl (C=O) groups is 2. The van der Waals surface area contributed by atoms with Gasteiger partial charge < -0.3 is 20.4 Å². The van der Waals surface area contributed by atoms with Crippen LogP contribution in [0.3, 0.4) is 0 Å². The molecule has 1 aliphatic rings. The van der Waals surface area contributed by atoms with Gasteiger partial charge in [-0.1, -0.05) is 0 Å². The van der Waals surface area contributed by atoms with Gasteiger partial charge in [-0.2, -0.15) is 5.26 Å². The third-order valence-corrected chi connectivity index (χ3v) is 5.30. The van der Waals surface area contributed by atoms with Crippen LogP contribution in [0.4, 0.5) is 0 Å². The number of amides is 1. The van der Waals surface area contributed by atoms with Crippen molar-refractivity contribution in [2.45, 2.75) is 31.3 Å². The summed E-state index contributed by atoms with van der Waals surface area (Å²) >= 11 is 0. The summed E-state index contributed by atoms with van der Waals surface area (Å²) in [7, 11) is 0. The van der Waals surface area contributed by atoms with Gasteiger partial charge in [-0.05, 0) is 49.1 Å². The highest BCUT2D eigenvalue weighted by molar-refractivity contribution is 5.87. The molecule has 0 bridgehead atoms. The molecule has 30 heavy (non-hydrogen) atoms. The van der Waals surface area contributed by atoms with E-state index < -0.39 is 6.04 Å². The minimum absolute atomic E-state index is 0.194. The van der Waals surface area contributed by atoms with E-state index in [4.69, 9.17) is 10.5 Å². The number of fused-ring (bicyclic) bond motifs is 1. The summed E-state index contributed by atoms with van der Waals surface area (Å²) in [5, 5.41) is 10.1. The van der Waals surface area contributed by atoms with Crippen LogP contribution in [-0.2, 0) is 11.2 Å². The van der Waals surface area contributed by atoms with Gasteiger partial charge >= 0.3 is 0 Å². The van der Waals surface area contributed by atoms with Crippen LogP contribution in [0.5, 0.6) is 11.6 Å². The van der Waals surface area contributed by atoms with Gasteiger partial charge in [0.2, 0.25) is 11.8 Å². The standard InChI is InChI=1S/C22H21N5O3/c23-10-16-2-1-7-27(16)22(29)19(24)8-15-12-25-20-5-4-17(9-18(15)20)30-21-6-3-14(13-28)11-26-21/h3-6,9,11-13,16,19,25H,1-2,7-8,24H2/t16-,19-/m0/s1. The number of hydrogen-bond acceptors (Lipinski definition) is 6. The lowest BCUT2D eigenvalue weighted by Gasteiger charge is -2.23. The molecule has 152 valence electrons. The number of H-pyrrole nitrogens is 1. The van der Waals surface area contributed by atoms with E-state index in [0.29, 0.717) is 36.6 Å². The Hall–Kier alpha value is -3.70. The quantitative estimate of drug-likeness (QED) is 0.609. The number of aldehydes is 1. The molecular weight excluding hydrogens is 382 g/mol. The fraction of sp³-hybridized carbons (Fsp3) is 0.273. The number of nitrogens with one attached hydrogen (secondary N) is 1. The van der Waals surface area contributed by atoms with Crippen molar-refractivity contribution in [3.8, 4) is 17.7 Å². The topological polar surface area (TPSA) is 125 Å². The Morgan fingerprint density at radius 1 is 1.43 bits per heavy atom. The number of pyridine rings is 1. The first-order valence-corrected chi connectivity index (χ1v) is 9.74. The predicted octanol–water partition coefficient (Wildman–Crippen LogP) is 2.55. The third-order valence-electron chi connectivity index (χ3n) is 5.30. The average molecular weight is 403 g/mol. The van der Waals surface area contributed by atoms with Crippen LogP contribution in [0.15, 0.2) is 42.7 Å². The monoisotopic (exact) mass is 403 g/mol. The van der Waals surface area contributed by atoms with E-state index >= 15 is 0 Å². The van der Waals surface area contributed by atoms with E-state index in [2.05, 4.69) is 16.0 Å². The van der Waals surface area contributed by atoms with Gasteiger partial charge in [0.25, 0.3) is 0 Å². The largest absolute Gasteiger partial charge is 0.439 e. The van der Waals surface area contributed by atoms with Gasteiger partial charge in [0, 0.05) is 41.5 Å². The minimum atomic E-state index is -0.722. The van der Waals surface area contributed by atoms with Crippen molar-refractivity contribution in [2.75, 3.05) is 6.54 Å². The van der Waals surface area contributed by atoms with Crippen LogP contribution in [-0.4, -0.2) is 45.7 Å². The highest BCUT2D eigenvalue weighted by Crippen LogP contribution is 2.28. The van der Waals surface area contributed by atoms with Crippen LogP contribution in [0, 0.1) is 11.3 Å². The molecule has 1 aliphatic heterocycles. The number of nitrogens with two attached hydrogens (primary N) is 1. The zero-order valence-corrected chi connectivity index (χ0v) is 16.2. The Balaban J connectivity index is 1.51. The first-order chi connectivity index (χ1) is 14.6. The first kappa shape index (κ1) is 19.6. The maximum absolute atomic E-state index is 12.7. The van der Waals surface area contributed by atoms with Gasteiger partial charge in [-0.25, -0.2) is 4.98 Å². The van der Waals surface area contributed by atoms with Crippen molar-refractivity contribution in [3.05, 3.63) is 53.9 Å². The number of benzene rings is 1. The van der Waals surface area contributed by atoms with Crippen LogP contribution in [0.1, 0.15) is 28.8 Å². The van der Waals surface area contributed by atoms with Crippen LogP contribution < -0.4 is 10.5 Å². The summed E-state index contributed by atoms with van der Waals surface area (Å²) < 4.78 is 5.79. The van der Waals surface area contributed by atoms with Gasteiger partial charge in [-0.15, -0.1) is 0 Å². The number of carbonyl (C=O) groups excluding carboxylic acids is 2. The zero-order valence-electron chi connectivity index (χ0n) is 16.2. The van der Waals surface area contributed by atoms with E-state index in [9.17, 15) is 14.9 Å². The van der Waals surface area contributed by atoms with Gasteiger partial charge in [-0.3, -0.25) is 9.59 Å². The number of rotatable bonds is 6. The number of ether oxygens (including phenoxy) is 1. The number of likely N-dealkylation sites (tertiary alicyclic amines) is 1. The maximum atomic E-state index is 12.7. The second-order valence-electron chi connectivity index (χ2n) is 7.30. The Kier molecular flexibility index (Phi) is 5.46. The molecule has 8 heteroatoms. The fourth-order valence-corrected chi connectivity index (χ4v) is 3.73. The number of hydrogen-bond donors (Lipinski definition) is 2. The SMILES string of the molecule is N#C[C@@H]1CCCN1C(=O)[C@@H](N)Cc1c[nH]c2ccc(Oc3ccc(C=O)cn3)cc12. The maximum Gasteiger partial charge on any atom is 0.240 e. The van der Waals surface area contributed by atoms with Crippen molar-refractivity contribution >= 4 is 23.1 Å². The summed E-state index contributed by atoms with van der Waals surface area (Å²) in [5.74, 6) is 0.763.